The summed E-state index contributed by atoms with van der Waals surface area (Å²) in [4.78, 5) is 0. The van der Waals surface area contributed by atoms with Gasteiger partial charge in [-0.05, 0) is 37.6 Å². The van der Waals surface area contributed by atoms with E-state index in [-0.39, 0.29) is 0 Å². The molecular formula is C16H33NO. The van der Waals surface area contributed by atoms with Crippen LogP contribution in [-0.4, -0.2) is 25.3 Å². The van der Waals surface area contributed by atoms with Gasteiger partial charge in [0.15, 0.2) is 0 Å². The molecule has 0 aromatic rings. The molecule has 0 heterocycles. The molecule has 4 unspecified atom stereocenters. The van der Waals surface area contributed by atoms with Crippen LogP contribution in [0.3, 0.4) is 0 Å². The monoisotopic (exact) mass is 255 g/mol. The molecule has 1 rings (SSSR count). The minimum Gasteiger partial charge on any atom is -0.376 e. The first-order valence-electron chi connectivity index (χ1n) is 8.04. The summed E-state index contributed by atoms with van der Waals surface area (Å²) in [5.41, 5.74) is 0. The molecule has 108 valence electrons. The standard InChI is InChI=1S/C16H33NO/c1-5-7-8-9-10-18-16-14(4)11-13(3)12-15(16)17-6-2/h13-17H,5-12H2,1-4H3. The maximum absolute atomic E-state index is 6.19. The first-order chi connectivity index (χ1) is 8.69. The van der Waals surface area contributed by atoms with Crippen LogP contribution in [0, 0.1) is 11.8 Å². The van der Waals surface area contributed by atoms with Gasteiger partial charge in [0.1, 0.15) is 0 Å². The van der Waals surface area contributed by atoms with Gasteiger partial charge in [0, 0.05) is 12.6 Å². The second kappa shape index (κ2) is 8.92. The molecule has 0 aromatic heterocycles. The molecule has 0 radical (unpaired) electrons. The minimum absolute atomic E-state index is 0.433. The molecular weight excluding hydrogens is 222 g/mol. The zero-order valence-corrected chi connectivity index (χ0v) is 12.9. The average Bonchev–Trinajstić information content (AvgIpc) is 2.32. The van der Waals surface area contributed by atoms with Gasteiger partial charge in [-0.15, -0.1) is 0 Å². The Morgan fingerprint density at radius 3 is 2.50 bits per heavy atom. The number of rotatable bonds is 8. The lowest BCUT2D eigenvalue weighted by Gasteiger charge is -2.39. The summed E-state index contributed by atoms with van der Waals surface area (Å²) in [7, 11) is 0. The van der Waals surface area contributed by atoms with E-state index in [0.29, 0.717) is 18.1 Å². The summed E-state index contributed by atoms with van der Waals surface area (Å²) in [6.07, 6.45) is 8.22. The van der Waals surface area contributed by atoms with Crippen LogP contribution in [0.2, 0.25) is 0 Å². The van der Waals surface area contributed by atoms with Crippen LogP contribution in [0.4, 0.5) is 0 Å². The van der Waals surface area contributed by atoms with Crippen molar-refractivity contribution < 1.29 is 4.74 Å². The first-order valence-corrected chi connectivity index (χ1v) is 8.04. The second-order valence-corrected chi connectivity index (χ2v) is 6.11. The van der Waals surface area contributed by atoms with E-state index in [0.717, 1.165) is 19.1 Å². The average molecular weight is 255 g/mol. The third-order valence-electron chi connectivity index (χ3n) is 4.16. The highest BCUT2D eigenvalue weighted by molar-refractivity contribution is 4.88. The fourth-order valence-electron chi connectivity index (χ4n) is 3.32. The Morgan fingerprint density at radius 2 is 1.83 bits per heavy atom. The number of unbranched alkanes of at least 4 members (excludes halogenated alkanes) is 3. The van der Waals surface area contributed by atoms with Gasteiger partial charge in [-0.3, -0.25) is 0 Å². The Hall–Kier alpha value is -0.0800. The predicted molar refractivity (Wildman–Crippen MR) is 78.9 cm³/mol. The van der Waals surface area contributed by atoms with Crippen molar-refractivity contribution in [1.82, 2.24) is 5.32 Å². The van der Waals surface area contributed by atoms with Crippen LogP contribution in [0.5, 0.6) is 0 Å². The summed E-state index contributed by atoms with van der Waals surface area (Å²) in [5, 5.41) is 3.62. The quantitative estimate of drug-likeness (QED) is 0.662. The van der Waals surface area contributed by atoms with E-state index in [1.54, 1.807) is 0 Å². The van der Waals surface area contributed by atoms with Crippen molar-refractivity contribution in [2.24, 2.45) is 11.8 Å². The molecule has 1 fully saturated rings. The Balaban J connectivity index is 2.33. The summed E-state index contributed by atoms with van der Waals surface area (Å²) in [6, 6.07) is 0.569. The van der Waals surface area contributed by atoms with Gasteiger partial charge in [-0.2, -0.15) is 0 Å². The fourth-order valence-corrected chi connectivity index (χ4v) is 3.32. The predicted octanol–water partition coefficient (Wildman–Crippen LogP) is 4.00. The van der Waals surface area contributed by atoms with E-state index in [2.05, 4.69) is 33.0 Å². The maximum atomic E-state index is 6.19. The van der Waals surface area contributed by atoms with Gasteiger partial charge < -0.3 is 10.1 Å². The summed E-state index contributed by atoms with van der Waals surface area (Å²) in [6.45, 7) is 11.2. The topological polar surface area (TPSA) is 21.3 Å². The Morgan fingerprint density at radius 1 is 1.06 bits per heavy atom. The largest absolute Gasteiger partial charge is 0.376 e. The highest BCUT2D eigenvalue weighted by Crippen LogP contribution is 2.31. The van der Waals surface area contributed by atoms with E-state index in [1.807, 2.05) is 0 Å². The lowest BCUT2D eigenvalue weighted by Crippen LogP contribution is -2.49. The number of hydrogen-bond donors (Lipinski definition) is 1. The number of likely N-dealkylation sites (N-methyl/N-ethyl adjacent to an activating group) is 1. The third kappa shape index (κ3) is 5.27. The normalized spacial score (nSPS) is 32.7. The van der Waals surface area contributed by atoms with E-state index in [1.165, 1.54) is 38.5 Å². The van der Waals surface area contributed by atoms with Gasteiger partial charge in [-0.1, -0.05) is 47.0 Å². The summed E-state index contributed by atoms with van der Waals surface area (Å²) < 4.78 is 6.19. The van der Waals surface area contributed by atoms with E-state index in [4.69, 9.17) is 4.74 Å². The van der Waals surface area contributed by atoms with Crippen molar-refractivity contribution in [3.8, 4) is 0 Å². The van der Waals surface area contributed by atoms with Gasteiger partial charge in [-0.25, -0.2) is 0 Å². The van der Waals surface area contributed by atoms with Gasteiger partial charge in [0.25, 0.3) is 0 Å². The Labute approximate surface area is 114 Å². The fraction of sp³-hybridized carbons (Fsp3) is 1.00. The van der Waals surface area contributed by atoms with Gasteiger partial charge >= 0.3 is 0 Å². The molecule has 0 aliphatic heterocycles. The second-order valence-electron chi connectivity index (χ2n) is 6.11. The first kappa shape index (κ1) is 16.0. The summed E-state index contributed by atoms with van der Waals surface area (Å²) >= 11 is 0. The number of ether oxygens (including phenoxy) is 1. The number of nitrogens with one attached hydrogen (secondary N) is 1. The molecule has 2 nitrogen and oxygen atoms in total. The SMILES string of the molecule is CCCCCCOC1C(C)CC(C)CC1NCC. The third-order valence-corrected chi connectivity index (χ3v) is 4.16. The van der Waals surface area contributed by atoms with Crippen LogP contribution in [0.1, 0.15) is 66.2 Å². The molecule has 1 aliphatic carbocycles. The molecule has 1 saturated carbocycles. The smallest absolute Gasteiger partial charge is 0.0753 e. The summed E-state index contributed by atoms with van der Waals surface area (Å²) in [5.74, 6) is 1.54. The molecule has 0 aromatic carbocycles. The van der Waals surface area contributed by atoms with Crippen LogP contribution in [0.25, 0.3) is 0 Å². The maximum Gasteiger partial charge on any atom is 0.0753 e. The molecule has 2 heteroatoms. The van der Waals surface area contributed by atoms with Crippen molar-refractivity contribution in [1.29, 1.82) is 0 Å². The molecule has 18 heavy (non-hydrogen) atoms. The highest BCUT2D eigenvalue weighted by Gasteiger charge is 2.33. The van der Waals surface area contributed by atoms with Crippen LogP contribution in [-0.2, 0) is 4.74 Å². The lowest BCUT2D eigenvalue weighted by atomic mass is 9.78. The Bertz CT molecular complexity index is 207. The van der Waals surface area contributed by atoms with Gasteiger partial charge in [0.05, 0.1) is 6.10 Å². The lowest BCUT2D eigenvalue weighted by molar-refractivity contribution is -0.0385. The molecule has 1 N–H and O–H groups in total. The van der Waals surface area contributed by atoms with E-state index < -0.39 is 0 Å². The molecule has 1 aliphatic rings. The highest BCUT2D eigenvalue weighted by atomic mass is 16.5. The van der Waals surface area contributed by atoms with Crippen molar-refractivity contribution >= 4 is 0 Å². The van der Waals surface area contributed by atoms with E-state index in [9.17, 15) is 0 Å². The van der Waals surface area contributed by atoms with Crippen LogP contribution >= 0.6 is 0 Å². The van der Waals surface area contributed by atoms with Gasteiger partial charge in [0.2, 0.25) is 0 Å². The molecule has 4 atom stereocenters. The molecule has 0 saturated heterocycles. The van der Waals surface area contributed by atoms with Crippen LogP contribution in [0.15, 0.2) is 0 Å². The van der Waals surface area contributed by atoms with Crippen molar-refractivity contribution in [2.75, 3.05) is 13.2 Å². The molecule has 0 spiro atoms. The number of hydrogen-bond acceptors (Lipinski definition) is 2. The van der Waals surface area contributed by atoms with Crippen molar-refractivity contribution in [3.63, 3.8) is 0 Å². The minimum atomic E-state index is 0.433. The molecule has 0 bridgehead atoms. The van der Waals surface area contributed by atoms with Crippen LogP contribution < -0.4 is 5.32 Å². The van der Waals surface area contributed by atoms with E-state index >= 15 is 0 Å². The zero-order valence-electron chi connectivity index (χ0n) is 12.9. The van der Waals surface area contributed by atoms with Crippen molar-refractivity contribution in [3.05, 3.63) is 0 Å². The van der Waals surface area contributed by atoms with Crippen molar-refractivity contribution in [2.45, 2.75) is 78.4 Å². The zero-order chi connectivity index (χ0) is 13.4. The Kier molecular flexibility index (Phi) is 7.92. The molecule has 0 amide bonds.